The molecule has 2 aliphatic heterocycles. The number of piperidine rings is 1. The Kier molecular flexibility index (Phi) is 4.53. The fraction of sp³-hybridized carbons (Fsp3) is 0.619. The number of carbonyl (C=O) groups is 2. The number of anilines is 1. The van der Waals surface area contributed by atoms with E-state index in [0.717, 1.165) is 24.1 Å². The average Bonchev–Trinajstić information content (AvgIpc) is 2.74. The molecule has 5 heteroatoms. The number of nitrogens with zero attached hydrogens (tertiary/aromatic N) is 2. The van der Waals surface area contributed by atoms with E-state index in [1.807, 2.05) is 41.7 Å². The third-order valence-electron chi connectivity index (χ3n) is 5.51. The second-order valence-corrected chi connectivity index (χ2v) is 9.01. The lowest BCUT2D eigenvalue weighted by atomic mass is 9.82. The topological polar surface area (TPSA) is 49.9 Å². The third-order valence-corrected chi connectivity index (χ3v) is 5.51. The molecule has 0 unspecified atom stereocenters. The highest BCUT2D eigenvalue weighted by Crippen LogP contribution is 2.43. The summed E-state index contributed by atoms with van der Waals surface area (Å²) in [6.07, 6.45) is 1.61. The van der Waals surface area contributed by atoms with Gasteiger partial charge in [0.1, 0.15) is 5.60 Å². The zero-order chi connectivity index (χ0) is 19.3. The van der Waals surface area contributed by atoms with Crippen molar-refractivity contribution in [2.75, 3.05) is 25.0 Å². The molecule has 0 aliphatic carbocycles. The normalized spacial score (nSPS) is 20.3. The minimum Gasteiger partial charge on any atom is -0.444 e. The lowest BCUT2D eigenvalue weighted by molar-refractivity contribution is -0.121. The number of ether oxygens (including phenoxy) is 1. The Morgan fingerprint density at radius 1 is 1.19 bits per heavy atom. The predicted molar refractivity (Wildman–Crippen MR) is 103 cm³/mol. The molecule has 1 aromatic carbocycles. The molecule has 0 bridgehead atoms. The molecule has 2 aliphatic rings. The van der Waals surface area contributed by atoms with Gasteiger partial charge in [-0.05, 0) is 70.6 Å². The maximum Gasteiger partial charge on any atom is 0.410 e. The van der Waals surface area contributed by atoms with Gasteiger partial charge in [0.15, 0.2) is 0 Å². The fourth-order valence-electron chi connectivity index (χ4n) is 3.97. The van der Waals surface area contributed by atoms with Crippen molar-refractivity contribution in [3.05, 3.63) is 29.3 Å². The summed E-state index contributed by atoms with van der Waals surface area (Å²) in [5, 5.41) is 0. The molecule has 2 amide bonds. The van der Waals surface area contributed by atoms with Crippen molar-refractivity contribution >= 4 is 17.7 Å². The third kappa shape index (κ3) is 3.31. The van der Waals surface area contributed by atoms with Crippen molar-refractivity contribution in [1.29, 1.82) is 0 Å². The van der Waals surface area contributed by atoms with Crippen LogP contribution in [0.1, 0.15) is 64.5 Å². The van der Waals surface area contributed by atoms with Gasteiger partial charge in [0, 0.05) is 25.8 Å². The summed E-state index contributed by atoms with van der Waals surface area (Å²) in [6, 6.07) is 6.40. The van der Waals surface area contributed by atoms with Crippen LogP contribution in [0, 0.1) is 0 Å². The molecule has 0 radical (unpaired) electrons. The first-order valence-corrected chi connectivity index (χ1v) is 9.41. The monoisotopic (exact) mass is 358 g/mol. The molecule has 0 spiro atoms. The molecule has 0 aromatic heterocycles. The molecule has 142 valence electrons. The van der Waals surface area contributed by atoms with Gasteiger partial charge >= 0.3 is 6.09 Å². The standard InChI is InChI=1S/C21H30N2O3/c1-20(2,3)26-19(25)23-11-9-14(10-12-23)15-7-8-17-16(13-15)21(4,5)18(24)22(17)6/h7-8,13-14H,9-12H2,1-6H3. The van der Waals surface area contributed by atoms with Crippen LogP contribution in [-0.2, 0) is 14.9 Å². The Balaban J connectivity index is 1.71. The number of fused-ring (bicyclic) bond motifs is 1. The second kappa shape index (κ2) is 6.29. The Morgan fingerprint density at radius 2 is 1.81 bits per heavy atom. The molecular formula is C21H30N2O3. The highest BCUT2D eigenvalue weighted by atomic mass is 16.6. The van der Waals surface area contributed by atoms with E-state index in [9.17, 15) is 9.59 Å². The summed E-state index contributed by atoms with van der Waals surface area (Å²) in [5.41, 5.74) is 2.45. The molecule has 0 atom stereocenters. The molecule has 26 heavy (non-hydrogen) atoms. The zero-order valence-electron chi connectivity index (χ0n) is 16.8. The van der Waals surface area contributed by atoms with Gasteiger partial charge in [0.05, 0.1) is 5.41 Å². The predicted octanol–water partition coefficient (Wildman–Crippen LogP) is 4.06. The number of benzene rings is 1. The largest absolute Gasteiger partial charge is 0.444 e. The van der Waals surface area contributed by atoms with Crippen LogP contribution in [0.2, 0.25) is 0 Å². The molecule has 1 saturated heterocycles. The van der Waals surface area contributed by atoms with Gasteiger partial charge in [0.2, 0.25) is 5.91 Å². The van der Waals surface area contributed by atoms with Crippen LogP contribution < -0.4 is 4.90 Å². The van der Waals surface area contributed by atoms with Gasteiger partial charge in [0.25, 0.3) is 0 Å². The van der Waals surface area contributed by atoms with Gasteiger partial charge in [-0.15, -0.1) is 0 Å². The fourth-order valence-corrected chi connectivity index (χ4v) is 3.97. The number of amides is 2. The van der Waals surface area contributed by atoms with Crippen molar-refractivity contribution in [2.45, 2.75) is 64.4 Å². The van der Waals surface area contributed by atoms with Gasteiger partial charge in [-0.25, -0.2) is 4.79 Å². The van der Waals surface area contributed by atoms with Gasteiger partial charge in [-0.1, -0.05) is 12.1 Å². The van der Waals surface area contributed by atoms with Crippen molar-refractivity contribution in [2.24, 2.45) is 0 Å². The van der Waals surface area contributed by atoms with Crippen LogP contribution in [0.25, 0.3) is 0 Å². The smallest absolute Gasteiger partial charge is 0.410 e. The Morgan fingerprint density at radius 3 is 2.38 bits per heavy atom. The van der Waals surface area contributed by atoms with E-state index in [1.165, 1.54) is 5.56 Å². The van der Waals surface area contributed by atoms with E-state index in [-0.39, 0.29) is 12.0 Å². The number of rotatable bonds is 1. The summed E-state index contributed by atoms with van der Waals surface area (Å²) in [6.45, 7) is 11.1. The number of likely N-dealkylation sites (tertiary alicyclic amines) is 1. The van der Waals surface area contributed by atoms with Crippen LogP contribution in [-0.4, -0.2) is 42.6 Å². The number of likely N-dealkylation sites (N-methyl/N-ethyl adjacent to an activating group) is 1. The van der Waals surface area contributed by atoms with E-state index in [1.54, 1.807) is 9.80 Å². The van der Waals surface area contributed by atoms with Crippen LogP contribution in [0.4, 0.5) is 10.5 Å². The number of hydrogen-bond donors (Lipinski definition) is 0. The quantitative estimate of drug-likeness (QED) is 0.761. The van der Waals surface area contributed by atoms with E-state index in [4.69, 9.17) is 4.74 Å². The van der Waals surface area contributed by atoms with Crippen LogP contribution in [0.3, 0.4) is 0 Å². The zero-order valence-corrected chi connectivity index (χ0v) is 16.8. The summed E-state index contributed by atoms with van der Waals surface area (Å²) in [5.74, 6) is 0.556. The first kappa shape index (κ1) is 18.7. The number of hydrogen-bond acceptors (Lipinski definition) is 3. The number of carbonyl (C=O) groups excluding carboxylic acids is 2. The minimum absolute atomic E-state index is 0.143. The van der Waals surface area contributed by atoms with E-state index >= 15 is 0 Å². The maximum atomic E-state index is 12.5. The maximum absolute atomic E-state index is 12.5. The second-order valence-electron chi connectivity index (χ2n) is 9.01. The Labute approximate surface area is 156 Å². The van der Waals surface area contributed by atoms with Crippen LogP contribution >= 0.6 is 0 Å². The first-order valence-electron chi connectivity index (χ1n) is 9.41. The van der Waals surface area contributed by atoms with E-state index in [0.29, 0.717) is 19.0 Å². The van der Waals surface area contributed by atoms with Crippen molar-refractivity contribution in [3.63, 3.8) is 0 Å². The Hall–Kier alpha value is -2.04. The van der Waals surface area contributed by atoms with Gasteiger partial charge in [-0.3, -0.25) is 4.79 Å². The first-order chi connectivity index (χ1) is 12.0. The Bertz CT molecular complexity index is 725. The van der Waals surface area contributed by atoms with Crippen molar-refractivity contribution < 1.29 is 14.3 Å². The van der Waals surface area contributed by atoms with E-state index in [2.05, 4.69) is 18.2 Å². The highest BCUT2D eigenvalue weighted by Gasteiger charge is 2.42. The molecule has 1 fully saturated rings. The van der Waals surface area contributed by atoms with Crippen molar-refractivity contribution in [1.82, 2.24) is 4.90 Å². The van der Waals surface area contributed by atoms with Crippen LogP contribution in [0.15, 0.2) is 18.2 Å². The molecule has 1 aromatic rings. The molecule has 5 nitrogen and oxygen atoms in total. The van der Waals surface area contributed by atoms with Crippen LogP contribution in [0.5, 0.6) is 0 Å². The van der Waals surface area contributed by atoms with Gasteiger partial charge in [-0.2, -0.15) is 0 Å². The molecular weight excluding hydrogens is 328 g/mol. The summed E-state index contributed by atoms with van der Waals surface area (Å²) >= 11 is 0. The lowest BCUT2D eigenvalue weighted by Crippen LogP contribution is -2.41. The lowest BCUT2D eigenvalue weighted by Gasteiger charge is -2.34. The average molecular weight is 358 g/mol. The minimum atomic E-state index is -0.475. The SMILES string of the molecule is CN1C(=O)C(C)(C)c2cc(C3CCN(C(=O)OC(C)(C)C)CC3)ccc21. The molecule has 3 rings (SSSR count). The molecule has 0 N–H and O–H groups in total. The molecule has 2 heterocycles. The summed E-state index contributed by atoms with van der Waals surface area (Å²) in [7, 11) is 1.84. The van der Waals surface area contributed by atoms with E-state index < -0.39 is 11.0 Å². The molecule has 0 saturated carbocycles. The highest BCUT2D eigenvalue weighted by molar-refractivity contribution is 6.07. The van der Waals surface area contributed by atoms with Gasteiger partial charge < -0.3 is 14.5 Å². The summed E-state index contributed by atoms with van der Waals surface area (Å²) < 4.78 is 5.47. The summed E-state index contributed by atoms with van der Waals surface area (Å²) in [4.78, 5) is 28.3. The van der Waals surface area contributed by atoms with Crippen molar-refractivity contribution in [3.8, 4) is 0 Å².